The van der Waals surface area contributed by atoms with Crippen molar-refractivity contribution in [1.82, 2.24) is 0 Å². The average molecular weight is 342 g/mol. The number of phenols is 1. The van der Waals surface area contributed by atoms with Crippen molar-refractivity contribution in [2.75, 3.05) is 0 Å². The Labute approximate surface area is 136 Å². The summed E-state index contributed by atoms with van der Waals surface area (Å²) < 4.78 is 67.0. The van der Waals surface area contributed by atoms with Crippen LogP contribution in [0.5, 0.6) is 5.75 Å². The van der Waals surface area contributed by atoms with E-state index < -0.39 is 29.5 Å². The summed E-state index contributed by atoms with van der Waals surface area (Å²) in [5.41, 5.74) is 0.344. The van der Waals surface area contributed by atoms with E-state index in [0.29, 0.717) is 0 Å². The molecule has 0 aliphatic heterocycles. The van der Waals surface area contributed by atoms with Gasteiger partial charge < -0.3 is 5.11 Å². The van der Waals surface area contributed by atoms with Gasteiger partial charge in [-0.15, -0.1) is 0 Å². The molecule has 2 rings (SSSR count). The lowest BCUT2D eigenvalue weighted by Gasteiger charge is -2.19. The van der Waals surface area contributed by atoms with E-state index in [1.165, 1.54) is 19.9 Å². The third kappa shape index (κ3) is 3.93. The van der Waals surface area contributed by atoms with Crippen LogP contribution in [0, 0.1) is 25.5 Å². The fourth-order valence-electron chi connectivity index (χ4n) is 2.40. The van der Waals surface area contributed by atoms with Crippen molar-refractivity contribution in [3.05, 3.63) is 70.3 Å². The maximum Gasteiger partial charge on any atom is 0.399 e. The Hall–Kier alpha value is -2.37. The van der Waals surface area contributed by atoms with E-state index >= 15 is 0 Å². The molecule has 0 saturated heterocycles. The van der Waals surface area contributed by atoms with Crippen LogP contribution in [0.1, 0.15) is 28.2 Å². The van der Waals surface area contributed by atoms with E-state index in [2.05, 4.69) is 0 Å². The Kier molecular flexibility index (Phi) is 4.96. The molecular formula is C18H15F5O. The monoisotopic (exact) mass is 342 g/mol. The molecule has 0 aliphatic rings. The van der Waals surface area contributed by atoms with E-state index in [9.17, 15) is 22.0 Å². The predicted molar refractivity (Wildman–Crippen MR) is 81.8 cm³/mol. The van der Waals surface area contributed by atoms with E-state index in [1.807, 2.05) is 0 Å². The van der Waals surface area contributed by atoms with Gasteiger partial charge in [-0.1, -0.05) is 30.4 Å². The van der Waals surface area contributed by atoms with Gasteiger partial charge in [0.15, 0.2) is 11.6 Å². The number of phenolic OH excluding ortho intramolecular Hbond substituents is 1. The number of allylic oxidation sites excluding steroid dienone is 1. The lowest BCUT2D eigenvalue weighted by molar-refractivity contribution is -0.139. The Morgan fingerprint density at radius 2 is 1.58 bits per heavy atom. The fraction of sp³-hybridized carbons (Fsp3) is 0.222. The second-order valence-electron chi connectivity index (χ2n) is 5.56. The van der Waals surface area contributed by atoms with Crippen LogP contribution in [-0.2, 0) is 0 Å². The van der Waals surface area contributed by atoms with Crippen LogP contribution < -0.4 is 0 Å². The Balaban J connectivity index is 2.43. The number of hydrogen-bond donors (Lipinski definition) is 1. The van der Waals surface area contributed by atoms with Crippen LogP contribution in [0.15, 0.2) is 36.4 Å². The molecule has 1 nitrogen and oxygen atoms in total. The number of hydrogen-bond acceptors (Lipinski definition) is 1. The first kappa shape index (κ1) is 18.0. The molecule has 0 aliphatic carbocycles. The molecule has 1 unspecified atom stereocenters. The molecule has 2 aromatic carbocycles. The van der Waals surface area contributed by atoms with Crippen LogP contribution in [0.2, 0.25) is 0 Å². The van der Waals surface area contributed by atoms with Crippen molar-refractivity contribution < 1.29 is 27.1 Å². The number of aromatic hydroxyl groups is 1. The number of halogens is 5. The summed E-state index contributed by atoms with van der Waals surface area (Å²) in [7, 11) is 0. The van der Waals surface area contributed by atoms with Gasteiger partial charge in [-0.05, 0) is 48.2 Å². The summed E-state index contributed by atoms with van der Waals surface area (Å²) in [6, 6.07) is 5.60. The minimum Gasteiger partial charge on any atom is -0.505 e. The first-order chi connectivity index (χ1) is 11.1. The molecule has 1 atom stereocenters. The summed E-state index contributed by atoms with van der Waals surface area (Å²) in [5.74, 6) is -3.99. The van der Waals surface area contributed by atoms with Crippen molar-refractivity contribution in [1.29, 1.82) is 0 Å². The maximum absolute atomic E-state index is 13.6. The zero-order chi connectivity index (χ0) is 18.1. The molecule has 0 saturated carbocycles. The molecule has 0 heterocycles. The summed E-state index contributed by atoms with van der Waals surface area (Å²) in [6.07, 6.45) is -2.57. The van der Waals surface area contributed by atoms with Gasteiger partial charge >= 0.3 is 6.18 Å². The maximum atomic E-state index is 13.6. The Morgan fingerprint density at radius 1 is 1.00 bits per heavy atom. The predicted octanol–water partition coefficient (Wildman–Crippen LogP) is 5.65. The minimum atomic E-state index is -4.58. The van der Waals surface area contributed by atoms with E-state index in [4.69, 9.17) is 5.11 Å². The molecular weight excluding hydrogens is 327 g/mol. The standard InChI is InChI=1S/C18H15F5O/c1-10-7-13(8-11(2)17(10)20)14(18(21,22)23)5-3-12-4-6-16(24)15(19)9-12/h3-9,14,24H,1-2H3/b5-3+. The Bertz CT molecular complexity index is 754. The van der Waals surface area contributed by atoms with Crippen molar-refractivity contribution in [2.45, 2.75) is 25.9 Å². The molecule has 0 radical (unpaired) electrons. The molecule has 2 aromatic rings. The highest BCUT2D eigenvalue weighted by molar-refractivity contribution is 5.53. The molecule has 0 amide bonds. The second kappa shape index (κ2) is 6.63. The van der Waals surface area contributed by atoms with Gasteiger partial charge in [0.1, 0.15) is 5.82 Å². The first-order valence-corrected chi connectivity index (χ1v) is 7.09. The van der Waals surface area contributed by atoms with Gasteiger partial charge in [-0.25, -0.2) is 8.78 Å². The van der Waals surface area contributed by atoms with Crippen molar-refractivity contribution in [3.8, 4) is 5.75 Å². The number of rotatable bonds is 3. The molecule has 0 aromatic heterocycles. The van der Waals surface area contributed by atoms with Crippen LogP contribution in [0.25, 0.3) is 6.08 Å². The van der Waals surface area contributed by atoms with Crippen LogP contribution in [0.3, 0.4) is 0 Å². The summed E-state index contributed by atoms with van der Waals surface area (Å²) in [4.78, 5) is 0. The summed E-state index contributed by atoms with van der Waals surface area (Å²) >= 11 is 0. The van der Waals surface area contributed by atoms with Crippen LogP contribution in [0.4, 0.5) is 22.0 Å². The van der Waals surface area contributed by atoms with Gasteiger partial charge in [-0.2, -0.15) is 13.2 Å². The number of benzene rings is 2. The summed E-state index contributed by atoms with van der Waals surface area (Å²) in [6.45, 7) is 2.80. The van der Waals surface area contributed by atoms with Gasteiger partial charge in [-0.3, -0.25) is 0 Å². The number of aryl methyl sites for hydroxylation is 2. The summed E-state index contributed by atoms with van der Waals surface area (Å²) in [5, 5.41) is 9.10. The highest BCUT2D eigenvalue weighted by Gasteiger charge is 2.39. The highest BCUT2D eigenvalue weighted by Crippen LogP contribution is 2.37. The molecule has 24 heavy (non-hydrogen) atoms. The second-order valence-corrected chi connectivity index (χ2v) is 5.56. The third-order valence-electron chi connectivity index (χ3n) is 3.62. The SMILES string of the molecule is Cc1cc(C(/C=C/c2ccc(O)c(F)c2)C(F)(F)F)cc(C)c1F. The first-order valence-electron chi connectivity index (χ1n) is 7.09. The molecule has 0 bridgehead atoms. The van der Waals surface area contributed by atoms with Gasteiger partial charge in [0.2, 0.25) is 0 Å². The van der Waals surface area contributed by atoms with Gasteiger partial charge in [0.05, 0.1) is 5.92 Å². The van der Waals surface area contributed by atoms with Crippen molar-refractivity contribution in [3.63, 3.8) is 0 Å². The van der Waals surface area contributed by atoms with Crippen LogP contribution >= 0.6 is 0 Å². The van der Waals surface area contributed by atoms with E-state index in [1.54, 1.807) is 0 Å². The lowest BCUT2D eigenvalue weighted by atomic mass is 9.93. The van der Waals surface area contributed by atoms with Gasteiger partial charge in [0, 0.05) is 0 Å². The molecule has 1 N–H and O–H groups in total. The lowest BCUT2D eigenvalue weighted by Crippen LogP contribution is -2.19. The normalized spacial score (nSPS) is 13.5. The molecule has 6 heteroatoms. The Morgan fingerprint density at radius 3 is 2.08 bits per heavy atom. The fourth-order valence-corrected chi connectivity index (χ4v) is 2.40. The zero-order valence-electron chi connectivity index (χ0n) is 13.0. The molecule has 0 fully saturated rings. The smallest absolute Gasteiger partial charge is 0.399 e. The van der Waals surface area contributed by atoms with Crippen LogP contribution in [-0.4, -0.2) is 11.3 Å². The van der Waals surface area contributed by atoms with E-state index in [0.717, 1.165) is 36.4 Å². The molecule has 128 valence electrons. The van der Waals surface area contributed by atoms with Crippen molar-refractivity contribution in [2.24, 2.45) is 0 Å². The third-order valence-corrected chi connectivity index (χ3v) is 3.62. The average Bonchev–Trinajstić information content (AvgIpc) is 2.47. The largest absolute Gasteiger partial charge is 0.505 e. The number of alkyl halides is 3. The van der Waals surface area contributed by atoms with E-state index in [-0.39, 0.29) is 22.3 Å². The topological polar surface area (TPSA) is 20.2 Å². The highest BCUT2D eigenvalue weighted by atomic mass is 19.4. The minimum absolute atomic E-state index is 0.0885. The molecule has 0 spiro atoms. The van der Waals surface area contributed by atoms with Crippen molar-refractivity contribution >= 4 is 6.08 Å². The quantitative estimate of drug-likeness (QED) is 0.715. The van der Waals surface area contributed by atoms with Gasteiger partial charge in [0.25, 0.3) is 0 Å². The zero-order valence-corrected chi connectivity index (χ0v) is 13.0.